The fourth-order valence-corrected chi connectivity index (χ4v) is 3.90. The van der Waals surface area contributed by atoms with Crippen molar-refractivity contribution in [3.63, 3.8) is 0 Å². The molecule has 0 unspecified atom stereocenters. The number of alkyl halides is 1. The van der Waals surface area contributed by atoms with Gasteiger partial charge in [-0.2, -0.15) is 4.47 Å². The molecule has 0 fully saturated rings. The lowest BCUT2D eigenvalue weighted by atomic mass is 10.0. The third-order valence-electron chi connectivity index (χ3n) is 4.34. The van der Waals surface area contributed by atoms with E-state index in [4.69, 9.17) is 9.26 Å². The maximum atomic E-state index is 10.6. The van der Waals surface area contributed by atoms with Gasteiger partial charge in [0.15, 0.2) is 0 Å². The molecule has 1 N–H and O–H groups in total. The molecule has 1 aromatic heterocycles. The van der Waals surface area contributed by atoms with Crippen LogP contribution in [0, 0.1) is 13.8 Å². The number of aryl methyl sites for hydroxylation is 1. The normalized spacial score (nSPS) is 10.9. The Morgan fingerprint density at radius 3 is 2.64 bits per heavy atom. The highest BCUT2D eigenvalue weighted by Crippen LogP contribution is 2.40. The van der Waals surface area contributed by atoms with Gasteiger partial charge in [-0.3, -0.25) is 5.21 Å². The quantitative estimate of drug-likeness (QED) is 0.232. The first-order valence-electron chi connectivity index (χ1n) is 9.06. The zero-order valence-corrected chi connectivity index (χ0v) is 18.5. The standard InChI is InChI=1S/C21H23BrN2O3S/c1-4-11-26-19-12-16(13-22)9-10-17(19)18-7-5-6-8-20(18)28-24(25)21-14(2)15(3)27-23-21/h5-10,12,25H,4,11,13H2,1-3H3. The topological polar surface area (TPSA) is 58.7 Å². The molecule has 5 nitrogen and oxygen atoms in total. The lowest BCUT2D eigenvalue weighted by Crippen LogP contribution is -2.09. The average molecular weight is 463 g/mol. The minimum Gasteiger partial charge on any atom is -0.493 e. The lowest BCUT2D eigenvalue weighted by Gasteiger charge is -2.18. The van der Waals surface area contributed by atoms with Gasteiger partial charge >= 0.3 is 0 Å². The minimum atomic E-state index is 0.398. The van der Waals surface area contributed by atoms with E-state index in [1.165, 1.54) is 11.9 Å². The van der Waals surface area contributed by atoms with Crippen LogP contribution in [0.4, 0.5) is 5.82 Å². The largest absolute Gasteiger partial charge is 0.493 e. The number of hydrogen-bond acceptors (Lipinski definition) is 6. The Morgan fingerprint density at radius 2 is 1.96 bits per heavy atom. The van der Waals surface area contributed by atoms with Crippen LogP contribution in [0.2, 0.25) is 0 Å². The van der Waals surface area contributed by atoms with E-state index in [-0.39, 0.29) is 0 Å². The molecule has 2 aromatic carbocycles. The number of benzene rings is 2. The number of hydrogen-bond donors (Lipinski definition) is 1. The summed E-state index contributed by atoms with van der Waals surface area (Å²) in [6.07, 6.45) is 0.934. The first-order chi connectivity index (χ1) is 13.5. The molecular formula is C21H23BrN2O3S. The van der Waals surface area contributed by atoms with E-state index in [1.54, 1.807) is 0 Å². The predicted molar refractivity (Wildman–Crippen MR) is 116 cm³/mol. The van der Waals surface area contributed by atoms with E-state index >= 15 is 0 Å². The van der Waals surface area contributed by atoms with Gasteiger partial charge in [0.25, 0.3) is 0 Å². The van der Waals surface area contributed by atoms with Crippen LogP contribution in [0.1, 0.15) is 30.2 Å². The van der Waals surface area contributed by atoms with Crippen molar-refractivity contribution in [2.24, 2.45) is 0 Å². The zero-order valence-electron chi connectivity index (χ0n) is 16.1. The molecule has 0 saturated heterocycles. The van der Waals surface area contributed by atoms with Crippen LogP contribution in [-0.2, 0) is 5.33 Å². The van der Waals surface area contributed by atoms with E-state index in [2.05, 4.69) is 46.2 Å². The molecule has 0 bridgehead atoms. The molecule has 3 aromatic rings. The van der Waals surface area contributed by atoms with Crippen molar-refractivity contribution in [1.29, 1.82) is 0 Å². The van der Waals surface area contributed by atoms with E-state index in [0.717, 1.165) is 49.1 Å². The summed E-state index contributed by atoms with van der Waals surface area (Å²) in [5.74, 6) is 1.92. The highest BCUT2D eigenvalue weighted by molar-refractivity contribution is 9.08. The Morgan fingerprint density at radius 1 is 1.18 bits per heavy atom. The van der Waals surface area contributed by atoms with Crippen LogP contribution >= 0.6 is 27.9 Å². The van der Waals surface area contributed by atoms with Crippen molar-refractivity contribution in [2.45, 2.75) is 37.4 Å². The summed E-state index contributed by atoms with van der Waals surface area (Å²) in [6.45, 7) is 6.43. The van der Waals surface area contributed by atoms with Crippen molar-refractivity contribution in [3.05, 3.63) is 59.4 Å². The van der Waals surface area contributed by atoms with Gasteiger partial charge in [0.1, 0.15) is 11.5 Å². The number of halogens is 1. The number of anilines is 1. The molecule has 0 atom stereocenters. The first-order valence-corrected chi connectivity index (χ1v) is 11.0. The summed E-state index contributed by atoms with van der Waals surface area (Å²) in [4.78, 5) is 0.887. The van der Waals surface area contributed by atoms with E-state index in [1.807, 2.05) is 38.1 Å². The second-order valence-corrected chi connectivity index (χ2v) is 7.89. The van der Waals surface area contributed by atoms with E-state index in [0.29, 0.717) is 18.2 Å². The Bertz CT molecular complexity index is 945. The van der Waals surface area contributed by atoms with Gasteiger partial charge < -0.3 is 9.26 Å². The van der Waals surface area contributed by atoms with Crippen LogP contribution < -0.4 is 9.21 Å². The smallest absolute Gasteiger partial charge is 0.210 e. The first kappa shape index (κ1) is 20.8. The van der Waals surface area contributed by atoms with Gasteiger partial charge in [0, 0.05) is 38.9 Å². The summed E-state index contributed by atoms with van der Waals surface area (Å²) in [5, 5.41) is 15.3. The summed E-state index contributed by atoms with van der Waals surface area (Å²) < 4.78 is 12.2. The van der Waals surface area contributed by atoms with E-state index < -0.39 is 0 Å². The Balaban J connectivity index is 1.97. The minimum absolute atomic E-state index is 0.398. The maximum absolute atomic E-state index is 10.6. The number of ether oxygens (including phenoxy) is 1. The molecule has 0 aliphatic carbocycles. The van der Waals surface area contributed by atoms with Crippen LogP contribution in [0.5, 0.6) is 5.75 Å². The third-order valence-corrected chi connectivity index (χ3v) is 5.88. The third kappa shape index (κ3) is 4.54. The molecule has 0 aliphatic rings. The van der Waals surface area contributed by atoms with Gasteiger partial charge in [-0.05, 0) is 38.0 Å². The van der Waals surface area contributed by atoms with Crippen LogP contribution in [-0.4, -0.2) is 17.0 Å². The molecule has 28 heavy (non-hydrogen) atoms. The van der Waals surface area contributed by atoms with Crippen molar-refractivity contribution in [1.82, 2.24) is 5.16 Å². The van der Waals surface area contributed by atoms with Crippen molar-refractivity contribution in [3.8, 4) is 16.9 Å². The van der Waals surface area contributed by atoms with Crippen molar-refractivity contribution >= 4 is 33.7 Å². The molecule has 0 saturated carbocycles. The Hall–Kier alpha value is -1.96. The highest BCUT2D eigenvalue weighted by Gasteiger charge is 2.19. The van der Waals surface area contributed by atoms with Crippen LogP contribution in [0.25, 0.3) is 11.1 Å². The van der Waals surface area contributed by atoms with Crippen molar-refractivity contribution < 1.29 is 14.5 Å². The molecule has 3 rings (SSSR count). The summed E-state index contributed by atoms with van der Waals surface area (Å²) >= 11 is 4.70. The number of rotatable bonds is 8. The molecule has 7 heteroatoms. The van der Waals surface area contributed by atoms with E-state index in [9.17, 15) is 5.21 Å². The average Bonchev–Trinajstić information content (AvgIpc) is 3.05. The van der Waals surface area contributed by atoms with Gasteiger partial charge in [0.2, 0.25) is 5.82 Å². The van der Waals surface area contributed by atoms with Crippen LogP contribution in [0.3, 0.4) is 0 Å². The maximum Gasteiger partial charge on any atom is 0.210 e. The Labute approximate surface area is 177 Å². The summed E-state index contributed by atoms with van der Waals surface area (Å²) in [6, 6.07) is 14.1. The fraction of sp³-hybridized carbons (Fsp3) is 0.286. The van der Waals surface area contributed by atoms with Gasteiger partial charge in [-0.25, -0.2) is 0 Å². The monoisotopic (exact) mass is 462 g/mol. The number of aromatic nitrogens is 1. The van der Waals surface area contributed by atoms with Crippen molar-refractivity contribution in [2.75, 3.05) is 11.1 Å². The molecule has 1 heterocycles. The molecule has 148 valence electrons. The predicted octanol–water partition coefficient (Wildman–Crippen LogP) is 6.55. The second-order valence-electron chi connectivity index (χ2n) is 6.36. The summed E-state index contributed by atoms with van der Waals surface area (Å²) in [7, 11) is 0. The summed E-state index contributed by atoms with van der Waals surface area (Å²) in [5.41, 5.74) is 3.93. The molecule has 0 amide bonds. The molecule has 0 radical (unpaired) electrons. The molecule has 0 spiro atoms. The molecular weight excluding hydrogens is 440 g/mol. The SMILES string of the molecule is CCCOc1cc(CBr)ccc1-c1ccccc1SN(O)c1noc(C)c1C. The number of nitrogens with zero attached hydrogens (tertiary/aromatic N) is 2. The molecule has 0 aliphatic heterocycles. The van der Waals surface area contributed by atoms with Gasteiger partial charge in [-0.15, -0.1) is 0 Å². The fourth-order valence-electron chi connectivity index (χ4n) is 2.69. The second kappa shape index (κ2) is 9.49. The highest BCUT2D eigenvalue weighted by atomic mass is 79.9. The van der Waals surface area contributed by atoms with Gasteiger partial charge in [0.05, 0.1) is 6.61 Å². The van der Waals surface area contributed by atoms with Crippen LogP contribution in [0.15, 0.2) is 51.9 Å². The zero-order chi connectivity index (χ0) is 20.1. The lowest BCUT2D eigenvalue weighted by molar-refractivity contribution is 0.316. The Kier molecular flexibility index (Phi) is 7.04. The van der Waals surface area contributed by atoms with Gasteiger partial charge in [-0.1, -0.05) is 58.3 Å².